The van der Waals surface area contributed by atoms with E-state index in [-0.39, 0.29) is 0 Å². The number of hydrogen-bond donors (Lipinski definition) is 1. The first-order valence-corrected chi connectivity index (χ1v) is 11.5. The molecule has 32 heavy (non-hydrogen) atoms. The van der Waals surface area contributed by atoms with Crippen LogP contribution in [-0.2, 0) is 11.3 Å². The number of rotatable bonds is 9. The van der Waals surface area contributed by atoms with Crippen LogP contribution >= 0.6 is 0 Å². The highest BCUT2D eigenvalue weighted by Gasteiger charge is 2.18. The van der Waals surface area contributed by atoms with Gasteiger partial charge in [-0.25, -0.2) is 0 Å². The molecule has 0 unspecified atom stereocenters. The minimum atomic E-state index is 0.369. The van der Waals surface area contributed by atoms with Crippen molar-refractivity contribution in [3.63, 3.8) is 0 Å². The molecule has 1 aliphatic rings. The average Bonchev–Trinajstić information content (AvgIpc) is 3.55. The predicted molar refractivity (Wildman–Crippen MR) is 126 cm³/mol. The van der Waals surface area contributed by atoms with Gasteiger partial charge in [-0.3, -0.25) is 14.7 Å². The lowest BCUT2D eigenvalue weighted by Crippen LogP contribution is -2.30. The van der Waals surface area contributed by atoms with Gasteiger partial charge in [-0.2, -0.15) is 5.21 Å². The van der Waals surface area contributed by atoms with Gasteiger partial charge in [0.05, 0.1) is 12.6 Å². The van der Waals surface area contributed by atoms with Crippen LogP contribution < -0.4 is 0 Å². The van der Waals surface area contributed by atoms with E-state index < -0.39 is 0 Å². The molecule has 1 amide bonds. The first kappa shape index (κ1) is 21.9. The van der Waals surface area contributed by atoms with E-state index in [4.69, 9.17) is 4.99 Å². The van der Waals surface area contributed by atoms with Crippen LogP contribution in [0.5, 0.6) is 0 Å². The van der Waals surface area contributed by atoms with E-state index in [9.17, 15) is 4.79 Å². The molecule has 0 bridgehead atoms. The van der Waals surface area contributed by atoms with Gasteiger partial charge >= 0.3 is 0 Å². The van der Waals surface area contributed by atoms with Crippen LogP contribution in [0.4, 0.5) is 0 Å². The highest BCUT2D eigenvalue weighted by atomic mass is 16.1. The van der Waals surface area contributed by atoms with E-state index in [1.807, 2.05) is 18.2 Å². The molecule has 4 rings (SSSR count). The Kier molecular flexibility index (Phi) is 7.38. The Morgan fingerprint density at radius 2 is 1.88 bits per heavy atom. The highest BCUT2D eigenvalue weighted by Crippen LogP contribution is 2.30. The second-order valence-corrected chi connectivity index (χ2v) is 8.30. The molecule has 0 saturated heterocycles. The van der Waals surface area contributed by atoms with Gasteiger partial charge in [0, 0.05) is 12.0 Å². The van der Waals surface area contributed by atoms with Gasteiger partial charge in [-0.15, -0.1) is 10.2 Å². The van der Waals surface area contributed by atoms with Gasteiger partial charge in [-0.05, 0) is 41.2 Å². The first-order valence-electron chi connectivity index (χ1n) is 11.5. The van der Waals surface area contributed by atoms with Crippen molar-refractivity contribution in [3.05, 3.63) is 54.1 Å². The van der Waals surface area contributed by atoms with Gasteiger partial charge in [0.15, 0.2) is 0 Å². The minimum Gasteiger partial charge on any atom is -0.299 e. The summed E-state index contributed by atoms with van der Waals surface area (Å²) < 4.78 is 0. The number of aliphatic imine (C=N–C) groups is 1. The number of aromatic amines is 1. The Morgan fingerprint density at radius 3 is 2.53 bits per heavy atom. The summed E-state index contributed by atoms with van der Waals surface area (Å²) in [5.74, 6) is 1.50. The van der Waals surface area contributed by atoms with Crippen LogP contribution in [0.25, 0.3) is 22.5 Å². The summed E-state index contributed by atoms with van der Waals surface area (Å²) in [5, 5.41) is 14.4. The molecule has 7 heteroatoms. The van der Waals surface area contributed by atoms with Crippen molar-refractivity contribution in [2.45, 2.75) is 64.5 Å². The quantitative estimate of drug-likeness (QED) is 0.293. The van der Waals surface area contributed by atoms with Gasteiger partial charge in [0.1, 0.15) is 5.84 Å². The number of unbranched alkanes of at least 4 members (excludes halogenated alkanes) is 1. The van der Waals surface area contributed by atoms with Gasteiger partial charge in [0.2, 0.25) is 12.2 Å². The van der Waals surface area contributed by atoms with E-state index in [1.54, 1.807) is 4.90 Å². The molecule has 1 heterocycles. The second kappa shape index (κ2) is 10.8. The molecule has 0 spiro atoms. The van der Waals surface area contributed by atoms with Crippen LogP contribution in [-0.4, -0.2) is 43.8 Å². The fourth-order valence-corrected chi connectivity index (χ4v) is 4.24. The maximum atomic E-state index is 12.0. The Labute approximate surface area is 189 Å². The number of carbonyl (C=O) groups is 1. The highest BCUT2D eigenvalue weighted by molar-refractivity contribution is 5.90. The SMILES string of the molecule is CCCCC(=NC1CCCC1)N(C=O)Cc1ccc(-c2ccccc2-c2nn[nH]n2)cc1. The number of H-pyrrole nitrogens is 1. The minimum absolute atomic E-state index is 0.369. The molecule has 1 aliphatic carbocycles. The standard InChI is InChI=1S/C25H30N6O/c1-2-3-12-24(26-21-8-4-5-9-21)31(18-32)17-19-13-15-20(16-14-19)22-10-6-7-11-23(22)25-27-29-30-28-25/h6-7,10-11,13-16,18,21H,2-5,8-9,12,17H2,1H3,(H,27,28,29,30). The number of amidine groups is 1. The molecule has 2 aromatic carbocycles. The van der Waals surface area contributed by atoms with E-state index in [2.05, 4.69) is 57.9 Å². The van der Waals surface area contributed by atoms with Crippen molar-refractivity contribution in [2.24, 2.45) is 4.99 Å². The lowest BCUT2D eigenvalue weighted by atomic mass is 9.98. The maximum Gasteiger partial charge on any atom is 0.215 e. The summed E-state index contributed by atoms with van der Waals surface area (Å²) in [6.45, 7) is 2.70. The second-order valence-electron chi connectivity index (χ2n) is 8.30. The van der Waals surface area contributed by atoms with Crippen molar-refractivity contribution < 1.29 is 4.79 Å². The summed E-state index contributed by atoms with van der Waals surface area (Å²) in [5.41, 5.74) is 4.11. The molecule has 1 aromatic heterocycles. The molecule has 1 N–H and O–H groups in total. The fourth-order valence-electron chi connectivity index (χ4n) is 4.24. The summed E-state index contributed by atoms with van der Waals surface area (Å²) >= 11 is 0. The molecule has 0 atom stereocenters. The number of hydrogen-bond acceptors (Lipinski definition) is 5. The zero-order valence-electron chi connectivity index (χ0n) is 18.6. The van der Waals surface area contributed by atoms with Crippen LogP contribution in [0.2, 0.25) is 0 Å². The van der Waals surface area contributed by atoms with E-state index in [0.29, 0.717) is 18.4 Å². The Morgan fingerprint density at radius 1 is 1.12 bits per heavy atom. The van der Waals surface area contributed by atoms with E-state index >= 15 is 0 Å². The molecule has 3 aromatic rings. The maximum absolute atomic E-state index is 12.0. The number of benzene rings is 2. The number of aromatic nitrogens is 4. The molecule has 0 radical (unpaired) electrons. The van der Waals surface area contributed by atoms with Crippen molar-refractivity contribution in [3.8, 4) is 22.5 Å². The number of amides is 1. The lowest BCUT2D eigenvalue weighted by molar-refractivity contribution is -0.115. The smallest absolute Gasteiger partial charge is 0.215 e. The zero-order valence-corrected chi connectivity index (χ0v) is 18.6. The Hall–Kier alpha value is -3.35. The molecule has 1 saturated carbocycles. The number of tetrazole rings is 1. The monoisotopic (exact) mass is 430 g/mol. The number of nitrogens with one attached hydrogen (secondary N) is 1. The van der Waals surface area contributed by atoms with Crippen molar-refractivity contribution >= 4 is 12.2 Å². The summed E-state index contributed by atoms with van der Waals surface area (Å²) in [6.07, 6.45) is 8.66. The van der Waals surface area contributed by atoms with Crippen LogP contribution in [0.1, 0.15) is 57.4 Å². The molecule has 166 valence electrons. The predicted octanol–water partition coefficient (Wildman–Crippen LogP) is 5.02. The third-order valence-corrected chi connectivity index (χ3v) is 6.00. The van der Waals surface area contributed by atoms with E-state index in [1.165, 1.54) is 12.8 Å². The van der Waals surface area contributed by atoms with Crippen LogP contribution in [0.15, 0.2) is 53.5 Å². The number of carbonyl (C=O) groups excluding carboxylic acids is 1. The molecule has 1 fully saturated rings. The summed E-state index contributed by atoms with van der Waals surface area (Å²) in [6, 6.07) is 16.7. The molecule has 7 nitrogen and oxygen atoms in total. The van der Waals surface area contributed by atoms with Crippen LogP contribution in [0, 0.1) is 0 Å². The zero-order chi connectivity index (χ0) is 22.2. The van der Waals surface area contributed by atoms with Crippen LogP contribution in [0.3, 0.4) is 0 Å². The van der Waals surface area contributed by atoms with Crippen molar-refractivity contribution in [1.82, 2.24) is 25.5 Å². The Bertz CT molecular complexity index is 1020. The third kappa shape index (κ3) is 5.28. The molecule has 0 aliphatic heterocycles. The van der Waals surface area contributed by atoms with Gasteiger partial charge in [0.25, 0.3) is 0 Å². The molecular formula is C25H30N6O. The normalized spacial score (nSPS) is 14.6. The number of nitrogens with zero attached hydrogens (tertiary/aromatic N) is 5. The summed E-state index contributed by atoms with van der Waals surface area (Å²) in [7, 11) is 0. The van der Waals surface area contributed by atoms with Gasteiger partial charge < -0.3 is 0 Å². The average molecular weight is 431 g/mol. The van der Waals surface area contributed by atoms with Crippen molar-refractivity contribution in [2.75, 3.05) is 0 Å². The first-order chi connectivity index (χ1) is 15.8. The lowest BCUT2D eigenvalue weighted by Gasteiger charge is -2.21. The van der Waals surface area contributed by atoms with Crippen molar-refractivity contribution in [1.29, 1.82) is 0 Å². The van der Waals surface area contributed by atoms with E-state index in [0.717, 1.165) is 66.6 Å². The summed E-state index contributed by atoms with van der Waals surface area (Å²) in [4.78, 5) is 18.7. The topological polar surface area (TPSA) is 87.1 Å². The van der Waals surface area contributed by atoms with Gasteiger partial charge in [-0.1, -0.05) is 74.7 Å². The Balaban J connectivity index is 1.53. The largest absolute Gasteiger partial charge is 0.299 e. The molecular weight excluding hydrogens is 400 g/mol. The fraction of sp³-hybridized carbons (Fsp3) is 0.400. The third-order valence-electron chi connectivity index (χ3n) is 6.00.